The Kier molecular flexibility index (Phi) is 6.51. The van der Waals surface area contributed by atoms with Gasteiger partial charge in [-0.15, -0.1) is 11.3 Å². The number of unbranched alkanes of at least 4 members (excludes halogenated alkanes) is 1. The Morgan fingerprint density at radius 1 is 1.29 bits per heavy atom. The summed E-state index contributed by atoms with van der Waals surface area (Å²) < 4.78 is 29.1. The summed E-state index contributed by atoms with van der Waals surface area (Å²) in [7, 11) is -3.77. The summed E-state index contributed by atoms with van der Waals surface area (Å²) in [6.45, 7) is 5.03. The summed E-state index contributed by atoms with van der Waals surface area (Å²) >= 11 is 1.20. The van der Waals surface area contributed by atoms with Gasteiger partial charge >= 0.3 is 0 Å². The molecule has 0 unspecified atom stereocenters. The van der Waals surface area contributed by atoms with Gasteiger partial charge in [0.25, 0.3) is 5.56 Å². The molecule has 1 saturated heterocycles. The van der Waals surface area contributed by atoms with Crippen LogP contribution in [-0.2, 0) is 21.4 Å². The van der Waals surface area contributed by atoms with Crippen molar-refractivity contribution in [3.05, 3.63) is 21.6 Å². The minimum Gasteiger partial charge on any atom is -0.355 e. The van der Waals surface area contributed by atoms with Crippen molar-refractivity contribution in [3.63, 3.8) is 0 Å². The van der Waals surface area contributed by atoms with E-state index in [4.69, 9.17) is 0 Å². The second-order valence-corrected chi connectivity index (χ2v) is 10.1. The number of aromatic nitrogens is 2. The molecule has 1 aliphatic rings. The second kappa shape index (κ2) is 8.71. The van der Waals surface area contributed by atoms with E-state index in [0.29, 0.717) is 29.3 Å². The molecule has 0 saturated carbocycles. The number of thiophene rings is 1. The van der Waals surface area contributed by atoms with Crippen molar-refractivity contribution in [1.82, 2.24) is 19.2 Å². The normalized spacial score (nSPS) is 15.8. The number of nitrogens with zero attached hydrogens (tertiary/aromatic N) is 3. The van der Waals surface area contributed by atoms with E-state index in [-0.39, 0.29) is 22.7 Å². The van der Waals surface area contributed by atoms with Crippen LogP contribution in [0, 0.1) is 6.92 Å². The third-order valence-corrected chi connectivity index (χ3v) is 8.09. The molecule has 0 spiro atoms. The molecular weight excluding hydrogens is 400 g/mol. The Morgan fingerprint density at radius 2 is 2.00 bits per heavy atom. The molecule has 1 fully saturated rings. The molecule has 3 heterocycles. The summed E-state index contributed by atoms with van der Waals surface area (Å²) in [5.41, 5.74) is -0.490. The average molecular weight is 427 g/mol. The van der Waals surface area contributed by atoms with Crippen molar-refractivity contribution in [2.45, 2.75) is 57.4 Å². The van der Waals surface area contributed by atoms with Crippen LogP contribution in [0.1, 0.15) is 43.9 Å². The predicted octanol–water partition coefficient (Wildman–Crippen LogP) is 1.86. The molecule has 1 aliphatic heterocycles. The summed E-state index contributed by atoms with van der Waals surface area (Å²) in [4.78, 5) is 30.4. The highest BCUT2D eigenvalue weighted by Crippen LogP contribution is 2.33. The van der Waals surface area contributed by atoms with Crippen LogP contribution in [0.15, 0.2) is 16.0 Å². The first-order chi connectivity index (χ1) is 13.4. The fraction of sp³-hybridized carbons (Fsp3) is 0.611. The Bertz CT molecular complexity index is 1020. The van der Waals surface area contributed by atoms with Crippen molar-refractivity contribution in [2.24, 2.45) is 0 Å². The summed E-state index contributed by atoms with van der Waals surface area (Å²) in [6, 6.07) is 0. The van der Waals surface area contributed by atoms with Crippen LogP contribution in [0.5, 0.6) is 0 Å². The number of sulfonamides is 1. The van der Waals surface area contributed by atoms with E-state index in [9.17, 15) is 18.0 Å². The molecule has 3 rings (SSSR count). The lowest BCUT2D eigenvalue weighted by atomic mass is 10.2. The smallest absolute Gasteiger partial charge is 0.263 e. The molecular formula is C18H26N4O4S2. The molecule has 0 atom stereocenters. The van der Waals surface area contributed by atoms with Gasteiger partial charge in [-0.2, -0.15) is 4.31 Å². The molecule has 1 N–H and O–H groups in total. The number of amides is 1. The number of aryl methyl sites for hydroxylation is 1. The molecule has 154 valence electrons. The van der Waals surface area contributed by atoms with E-state index in [1.807, 2.05) is 6.92 Å². The number of rotatable bonds is 7. The lowest BCUT2D eigenvalue weighted by Gasteiger charge is -2.25. The Morgan fingerprint density at radius 3 is 2.68 bits per heavy atom. The zero-order chi connectivity index (χ0) is 20.3. The van der Waals surface area contributed by atoms with Gasteiger partial charge in [-0.05, 0) is 26.2 Å². The predicted molar refractivity (Wildman–Crippen MR) is 109 cm³/mol. The van der Waals surface area contributed by atoms with Gasteiger partial charge in [0.1, 0.15) is 16.3 Å². The highest BCUT2D eigenvalue weighted by Gasteiger charge is 2.32. The van der Waals surface area contributed by atoms with Gasteiger partial charge in [-0.3, -0.25) is 14.2 Å². The summed E-state index contributed by atoms with van der Waals surface area (Å²) in [5, 5.41) is 2.85. The van der Waals surface area contributed by atoms with Gasteiger partial charge in [-0.25, -0.2) is 13.4 Å². The van der Waals surface area contributed by atoms with E-state index in [2.05, 4.69) is 10.3 Å². The minimum absolute atomic E-state index is 0.0487. The van der Waals surface area contributed by atoms with E-state index in [1.165, 1.54) is 26.5 Å². The maximum absolute atomic E-state index is 13.2. The fourth-order valence-corrected chi connectivity index (χ4v) is 6.57. The van der Waals surface area contributed by atoms with E-state index >= 15 is 0 Å². The number of carbonyl (C=O) groups excluding carboxylic acids is 1. The number of hydrogen-bond acceptors (Lipinski definition) is 6. The monoisotopic (exact) mass is 426 g/mol. The fourth-order valence-electron chi connectivity index (χ4n) is 3.39. The molecule has 8 nitrogen and oxygen atoms in total. The zero-order valence-electron chi connectivity index (χ0n) is 16.2. The van der Waals surface area contributed by atoms with E-state index in [1.54, 1.807) is 6.92 Å². The third kappa shape index (κ3) is 4.13. The van der Waals surface area contributed by atoms with Gasteiger partial charge in [-0.1, -0.05) is 19.8 Å². The number of fused-ring (bicyclic) bond motifs is 1. The van der Waals surface area contributed by atoms with Crippen molar-refractivity contribution in [2.75, 3.05) is 19.6 Å². The Labute approximate surface area is 168 Å². The molecule has 0 aliphatic carbocycles. The van der Waals surface area contributed by atoms with Gasteiger partial charge in [0, 0.05) is 24.5 Å². The van der Waals surface area contributed by atoms with Crippen LogP contribution in [0.25, 0.3) is 10.2 Å². The lowest BCUT2D eigenvalue weighted by molar-refractivity contribution is -0.121. The van der Waals surface area contributed by atoms with Crippen LogP contribution >= 0.6 is 11.3 Å². The zero-order valence-corrected chi connectivity index (χ0v) is 17.9. The molecule has 28 heavy (non-hydrogen) atoms. The van der Waals surface area contributed by atoms with E-state index < -0.39 is 15.6 Å². The number of piperidine rings is 1. The van der Waals surface area contributed by atoms with Crippen molar-refractivity contribution < 1.29 is 13.2 Å². The average Bonchev–Trinajstić information content (AvgIpc) is 3.02. The van der Waals surface area contributed by atoms with Gasteiger partial charge < -0.3 is 5.32 Å². The first-order valence-corrected chi connectivity index (χ1v) is 11.9. The van der Waals surface area contributed by atoms with Crippen molar-refractivity contribution in [1.29, 1.82) is 0 Å². The third-order valence-electron chi connectivity index (χ3n) is 4.88. The quantitative estimate of drug-likeness (QED) is 0.681. The Balaban J connectivity index is 1.99. The molecule has 2 aromatic heterocycles. The van der Waals surface area contributed by atoms with Crippen molar-refractivity contribution >= 4 is 37.5 Å². The topological polar surface area (TPSA) is 101 Å². The first-order valence-electron chi connectivity index (χ1n) is 9.61. The lowest BCUT2D eigenvalue weighted by Crippen LogP contribution is -2.37. The minimum atomic E-state index is -3.77. The van der Waals surface area contributed by atoms with Gasteiger partial charge in [0.15, 0.2) is 0 Å². The first kappa shape index (κ1) is 20.9. The van der Waals surface area contributed by atoms with Crippen LogP contribution in [0.3, 0.4) is 0 Å². The van der Waals surface area contributed by atoms with E-state index in [0.717, 1.165) is 32.1 Å². The van der Waals surface area contributed by atoms with Gasteiger partial charge in [0.2, 0.25) is 15.9 Å². The SMILES string of the molecule is CCCCNC(=O)Cn1cnc2sc(C)c(S(=O)(=O)N3CCCCC3)c2c1=O. The second-order valence-electron chi connectivity index (χ2n) is 7.01. The van der Waals surface area contributed by atoms with Crippen LogP contribution in [0.2, 0.25) is 0 Å². The van der Waals surface area contributed by atoms with Crippen LogP contribution in [0.4, 0.5) is 0 Å². The highest BCUT2D eigenvalue weighted by molar-refractivity contribution is 7.89. The number of nitrogens with one attached hydrogen (secondary N) is 1. The van der Waals surface area contributed by atoms with Crippen LogP contribution in [-0.4, -0.2) is 47.8 Å². The maximum Gasteiger partial charge on any atom is 0.263 e. The molecule has 2 aromatic rings. The summed E-state index contributed by atoms with van der Waals surface area (Å²) in [6.07, 6.45) is 5.79. The number of carbonyl (C=O) groups is 1. The molecule has 1 amide bonds. The van der Waals surface area contributed by atoms with Crippen molar-refractivity contribution in [3.8, 4) is 0 Å². The molecule has 0 aromatic carbocycles. The van der Waals surface area contributed by atoms with Crippen LogP contribution < -0.4 is 10.9 Å². The number of hydrogen-bond donors (Lipinski definition) is 1. The molecule has 10 heteroatoms. The molecule has 0 bridgehead atoms. The molecule has 0 radical (unpaired) electrons. The Hall–Kier alpha value is -1.78. The summed E-state index contributed by atoms with van der Waals surface area (Å²) in [5.74, 6) is -0.288. The standard InChI is InChI=1S/C18H26N4O4S2/c1-3-4-8-19-14(23)11-21-12-20-17-15(18(21)24)16(13(2)27-17)28(25,26)22-9-6-5-7-10-22/h12H,3-11H2,1-2H3,(H,19,23). The maximum atomic E-state index is 13.2. The highest BCUT2D eigenvalue weighted by atomic mass is 32.2. The largest absolute Gasteiger partial charge is 0.355 e. The van der Waals surface area contributed by atoms with Gasteiger partial charge in [0.05, 0.1) is 11.7 Å².